The fourth-order valence-electron chi connectivity index (χ4n) is 1.55. The molecule has 3 amide bonds. The molecule has 0 aromatic heterocycles. The number of urea groups is 1. The van der Waals surface area contributed by atoms with Gasteiger partial charge >= 0.3 is 6.03 Å². The van der Waals surface area contributed by atoms with Crippen LogP contribution in [0.4, 0.5) is 14.9 Å². The van der Waals surface area contributed by atoms with Crippen LogP contribution in [0.1, 0.15) is 10.4 Å². The highest BCUT2D eigenvalue weighted by Gasteiger charge is 2.13. The Morgan fingerprint density at radius 3 is 2.35 bits per heavy atom. The second kappa shape index (κ2) is 7.08. The SMILES string of the molecule is C=CCN(CC=C)C(=O)Nc1ccc(C(N)=O)c(F)c1. The third kappa shape index (κ3) is 3.94. The molecule has 6 heteroatoms. The summed E-state index contributed by atoms with van der Waals surface area (Å²) in [5.41, 5.74) is 5.00. The number of carbonyl (C=O) groups excluding carboxylic acids is 2. The summed E-state index contributed by atoms with van der Waals surface area (Å²) in [6, 6.07) is 3.24. The first-order valence-electron chi connectivity index (χ1n) is 5.86. The second-order valence-corrected chi connectivity index (χ2v) is 3.97. The van der Waals surface area contributed by atoms with Crippen molar-refractivity contribution < 1.29 is 14.0 Å². The lowest BCUT2D eigenvalue weighted by molar-refractivity contribution is 0.0996. The number of nitrogens with one attached hydrogen (secondary N) is 1. The molecule has 0 saturated carbocycles. The van der Waals surface area contributed by atoms with E-state index >= 15 is 0 Å². The largest absolute Gasteiger partial charge is 0.366 e. The Kier molecular flexibility index (Phi) is 5.46. The zero-order valence-corrected chi connectivity index (χ0v) is 10.9. The van der Waals surface area contributed by atoms with Crippen LogP contribution in [0.3, 0.4) is 0 Å². The molecule has 0 unspecified atom stereocenters. The quantitative estimate of drug-likeness (QED) is 0.781. The van der Waals surface area contributed by atoms with E-state index in [4.69, 9.17) is 5.73 Å². The Labute approximate surface area is 116 Å². The normalized spacial score (nSPS) is 9.65. The summed E-state index contributed by atoms with van der Waals surface area (Å²) in [6.45, 7) is 7.77. The number of carbonyl (C=O) groups is 2. The molecule has 3 N–H and O–H groups in total. The van der Waals surface area contributed by atoms with Gasteiger partial charge in [0.25, 0.3) is 5.91 Å². The minimum Gasteiger partial charge on any atom is -0.366 e. The first kappa shape index (κ1) is 15.4. The van der Waals surface area contributed by atoms with Gasteiger partial charge in [-0.15, -0.1) is 13.2 Å². The standard InChI is InChI=1S/C14H16FN3O2/c1-3-7-18(8-4-2)14(20)17-10-5-6-11(13(16)19)12(15)9-10/h3-6,9H,1-2,7-8H2,(H2,16,19)(H,17,20). The van der Waals surface area contributed by atoms with Gasteiger partial charge in [0.1, 0.15) is 5.82 Å². The van der Waals surface area contributed by atoms with Gasteiger partial charge in [-0.2, -0.15) is 0 Å². The first-order chi connectivity index (χ1) is 9.49. The minimum absolute atomic E-state index is 0.225. The van der Waals surface area contributed by atoms with Crippen LogP contribution < -0.4 is 11.1 Å². The van der Waals surface area contributed by atoms with Crippen LogP contribution in [0.2, 0.25) is 0 Å². The van der Waals surface area contributed by atoms with Crippen molar-refractivity contribution in [3.05, 3.63) is 54.9 Å². The van der Waals surface area contributed by atoms with E-state index in [1.807, 2.05) is 0 Å². The third-order valence-corrected chi connectivity index (χ3v) is 2.47. The van der Waals surface area contributed by atoms with Crippen molar-refractivity contribution >= 4 is 17.6 Å². The summed E-state index contributed by atoms with van der Waals surface area (Å²) < 4.78 is 13.6. The van der Waals surface area contributed by atoms with E-state index in [0.29, 0.717) is 13.1 Å². The zero-order valence-electron chi connectivity index (χ0n) is 10.9. The number of amides is 3. The summed E-state index contributed by atoms with van der Waals surface area (Å²) in [5, 5.41) is 2.52. The van der Waals surface area contributed by atoms with Gasteiger partial charge in [-0.05, 0) is 18.2 Å². The van der Waals surface area contributed by atoms with Crippen molar-refractivity contribution in [2.45, 2.75) is 0 Å². The van der Waals surface area contributed by atoms with Crippen molar-refractivity contribution in [1.29, 1.82) is 0 Å². The second-order valence-electron chi connectivity index (χ2n) is 3.97. The Hall–Kier alpha value is -2.63. The number of primary amides is 1. The molecule has 1 rings (SSSR count). The van der Waals surface area contributed by atoms with Gasteiger partial charge in [0.15, 0.2) is 0 Å². The molecule has 0 radical (unpaired) electrons. The van der Waals surface area contributed by atoms with E-state index in [0.717, 1.165) is 6.07 Å². The molecule has 0 heterocycles. The van der Waals surface area contributed by atoms with Gasteiger partial charge in [0, 0.05) is 18.8 Å². The summed E-state index contributed by atoms with van der Waals surface area (Å²) in [4.78, 5) is 24.3. The van der Waals surface area contributed by atoms with E-state index in [9.17, 15) is 14.0 Å². The lowest BCUT2D eigenvalue weighted by Gasteiger charge is -2.19. The molecule has 0 bridgehead atoms. The first-order valence-corrected chi connectivity index (χ1v) is 5.86. The Morgan fingerprint density at radius 2 is 1.90 bits per heavy atom. The molecule has 0 fully saturated rings. The van der Waals surface area contributed by atoms with Crippen LogP contribution in [-0.4, -0.2) is 29.9 Å². The van der Waals surface area contributed by atoms with Crippen LogP contribution in [0.15, 0.2) is 43.5 Å². The minimum atomic E-state index is -0.861. The highest BCUT2D eigenvalue weighted by molar-refractivity contribution is 5.94. The van der Waals surface area contributed by atoms with E-state index in [-0.39, 0.29) is 11.3 Å². The molecule has 1 aromatic rings. The molecule has 0 aliphatic carbocycles. The van der Waals surface area contributed by atoms with Gasteiger partial charge in [0.2, 0.25) is 0 Å². The average molecular weight is 277 g/mol. The maximum Gasteiger partial charge on any atom is 0.322 e. The summed E-state index contributed by atoms with van der Waals surface area (Å²) in [6.07, 6.45) is 3.14. The van der Waals surface area contributed by atoms with Crippen molar-refractivity contribution in [3.8, 4) is 0 Å². The highest BCUT2D eigenvalue weighted by atomic mass is 19.1. The number of nitrogens with zero attached hydrogens (tertiary/aromatic N) is 1. The van der Waals surface area contributed by atoms with Crippen molar-refractivity contribution in [3.63, 3.8) is 0 Å². The maximum atomic E-state index is 13.6. The van der Waals surface area contributed by atoms with Gasteiger partial charge in [-0.3, -0.25) is 4.79 Å². The number of nitrogens with two attached hydrogens (primary N) is 1. The predicted molar refractivity (Wildman–Crippen MR) is 75.9 cm³/mol. The summed E-state index contributed by atoms with van der Waals surface area (Å²) in [7, 11) is 0. The van der Waals surface area contributed by atoms with Crippen molar-refractivity contribution in [2.24, 2.45) is 5.73 Å². The molecular formula is C14H16FN3O2. The van der Waals surface area contributed by atoms with Crippen LogP contribution in [0.5, 0.6) is 0 Å². The van der Waals surface area contributed by atoms with Gasteiger partial charge in [0.05, 0.1) is 5.56 Å². The van der Waals surface area contributed by atoms with Gasteiger partial charge in [-0.1, -0.05) is 12.2 Å². The van der Waals surface area contributed by atoms with Crippen LogP contribution in [-0.2, 0) is 0 Å². The average Bonchev–Trinajstić information content (AvgIpc) is 2.38. The number of benzene rings is 1. The molecule has 106 valence electrons. The predicted octanol–water partition coefficient (Wildman–Crippen LogP) is 2.13. The zero-order chi connectivity index (χ0) is 15.1. The van der Waals surface area contributed by atoms with E-state index in [1.165, 1.54) is 17.0 Å². The number of halogens is 1. The fourth-order valence-corrected chi connectivity index (χ4v) is 1.55. The smallest absolute Gasteiger partial charge is 0.322 e. The van der Waals surface area contributed by atoms with Crippen molar-refractivity contribution in [2.75, 3.05) is 18.4 Å². The molecule has 20 heavy (non-hydrogen) atoms. The summed E-state index contributed by atoms with van der Waals surface area (Å²) >= 11 is 0. The molecule has 0 spiro atoms. The molecule has 5 nitrogen and oxygen atoms in total. The van der Waals surface area contributed by atoms with E-state index < -0.39 is 17.8 Å². The number of anilines is 1. The Morgan fingerprint density at radius 1 is 1.30 bits per heavy atom. The van der Waals surface area contributed by atoms with E-state index in [2.05, 4.69) is 18.5 Å². The van der Waals surface area contributed by atoms with Crippen molar-refractivity contribution in [1.82, 2.24) is 4.90 Å². The lowest BCUT2D eigenvalue weighted by Crippen LogP contribution is -2.35. The van der Waals surface area contributed by atoms with Crippen LogP contribution in [0, 0.1) is 5.82 Å². The fraction of sp³-hybridized carbons (Fsp3) is 0.143. The van der Waals surface area contributed by atoms with Crippen LogP contribution >= 0.6 is 0 Å². The number of hydrogen-bond donors (Lipinski definition) is 2. The lowest BCUT2D eigenvalue weighted by atomic mass is 10.2. The molecule has 1 aromatic carbocycles. The van der Waals surface area contributed by atoms with Gasteiger partial charge < -0.3 is 16.0 Å². The number of rotatable bonds is 6. The Bertz CT molecular complexity index is 533. The molecule has 0 atom stereocenters. The molecule has 0 aliphatic heterocycles. The Balaban J connectivity index is 2.84. The summed E-state index contributed by atoms with van der Waals surface area (Å²) in [5.74, 6) is -1.64. The van der Waals surface area contributed by atoms with Crippen LogP contribution in [0.25, 0.3) is 0 Å². The van der Waals surface area contributed by atoms with Gasteiger partial charge in [-0.25, -0.2) is 9.18 Å². The third-order valence-electron chi connectivity index (χ3n) is 2.47. The molecule has 0 aliphatic rings. The molecule has 0 saturated heterocycles. The number of hydrogen-bond acceptors (Lipinski definition) is 2. The highest BCUT2D eigenvalue weighted by Crippen LogP contribution is 2.14. The van der Waals surface area contributed by atoms with E-state index in [1.54, 1.807) is 12.2 Å². The topological polar surface area (TPSA) is 75.4 Å². The monoisotopic (exact) mass is 277 g/mol. The maximum absolute atomic E-state index is 13.6. The molecular weight excluding hydrogens is 261 g/mol.